The van der Waals surface area contributed by atoms with Crippen LogP contribution in [0.5, 0.6) is 0 Å². The molecule has 0 rings (SSSR count). The number of carbonyl (C=O) groups excluding carboxylic acids is 3. The van der Waals surface area contributed by atoms with Gasteiger partial charge in [0.05, 0.1) is 0 Å². The quantitative estimate of drug-likeness (QED) is 0.0200. The van der Waals surface area contributed by atoms with E-state index in [1.807, 2.05) is 79.0 Å². The van der Waals surface area contributed by atoms with Crippen LogP contribution in [0.2, 0.25) is 0 Å². The minimum atomic E-state index is -0.825. The lowest BCUT2D eigenvalue weighted by molar-refractivity contribution is -0.167. The predicted octanol–water partition coefficient (Wildman–Crippen LogP) is 16.1. The predicted molar refractivity (Wildman–Crippen MR) is 265 cm³/mol. The first kappa shape index (κ1) is 57.8. The SMILES string of the molecule is CC/C=C/C=C/C=C/C=C/C=C/CCCC(=O)OCC(COC(=O)CCCCCCC/C=C/CCCCCCCCC)OC(=O)CCCCCCC/C=C/C=C/C=C/C=C/CC. The molecule has 0 aromatic rings. The molecule has 6 heteroatoms. The van der Waals surface area contributed by atoms with E-state index in [1.54, 1.807) is 0 Å². The molecule has 0 N–H and O–H groups in total. The molecule has 62 heavy (non-hydrogen) atoms. The van der Waals surface area contributed by atoms with Gasteiger partial charge in [0.25, 0.3) is 0 Å². The lowest BCUT2D eigenvalue weighted by atomic mass is 10.1. The zero-order valence-corrected chi connectivity index (χ0v) is 39.6. The number of allylic oxidation sites excluding steroid dienone is 20. The molecule has 0 radical (unpaired) electrons. The van der Waals surface area contributed by atoms with Crippen molar-refractivity contribution in [1.29, 1.82) is 0 Å². The summed E-state index contributed by atoms with van der Waals surface area (Å²) in [5.74, 6) is -1.04. The van der Waals surface area contributed by atoms with Gasteiger partial charge in [0.2, 0.25) is 0 Å². The summed E-state index contributed by atoms with van der Waals surface area (Å²) < 4.78 is 16.7. The Morgan fingerprint density at radius 1 is 0.339 bits per heavy atom. The average molecular weight is 857 g/mol. The molecular weight excluding hydrogens is 769 g/mol. The summed E-state index contributed by atoms with van der Waals surface area (Å²) in [6.45, 7) is 6.24. The zero-order chi connectivity index (χ0) is 45.1. The van der Waals surface area contributed by atoms with Crippen LogP contribution in [0.3, 0.4) is 0 Å². The average Bonchev–Trinajstić information content (AvgIpc) is 3.27. The third-order valence-electron chi connectivity index (χ3n) is 9.90. The zero-order valence-electron chi connectivity index (χ0n) is 39.6. The van der Waals surface area contributed by atoms with Crippen LogP contribution >= 0.6 is 0 Å². The summed E-state index contributed by atoms with van der Waals surface area (Å²) in [7, 11) is 0. The fourth-order valence-electron chi connectivity index (χ4n) is 6.24. The Morgan fingerprint density at radius 3 is 1.10 bits per heavy atom. The second-order valence-electron chi connectivity index (χ2n) is 15.8. The summed E-state index contributed by atoms with van der Waals surface area (Å²) in [5.41, 5.74) is 0. The molecule has 0 spiro atoms. The van der Waals surface area contributed by atoms with Crippen molar-refractivity contribution in [2.45, 2.75) is 200 Å². The Bertz CT molecular complexity index is 1350. The number of hydrogen-bond donors (Lipinski definition) is 0. The molecule has 348 valence electrons. The first-order valence-electron chi connectivity index (χ1n) is 24.7. The molecule has 0 fully saturated rings. The highest BCUT2D eigenvalue weighted by atomic mass is 16.6. The molecule has 0 bridgehead atoms. The molecular formula is C56H88O6. The number of rotatable bonds is 42. The van der Waals surface area contributed by atoms with Gasteiger partial charge in [-0.05, 0) is 77.0 Å². The number of hydrogen-bond acceptors (Lipinski definition) is 6. The van der Waals surface area contributed by atoms with E-state index in [0.29, 0.717) is 12.8 Å². The third kappa shape index (κ3) is 46.9. The maximum atomic E-state index is 12.8. The van der Waals surface area contributed by atoms with Gasteiger partial charge in [0.15, 0.2) is 6.10 Å². The van der Waals surface area contributed by atoms with Crippen LogP contribution in [0.1, 0.15) is 194 Å². The molecule has 0 amide bonds. The molecule has 0 aromatic heterocycles. The normalized spacial score (nSPS) is 13.1. The fraction of sp³-hybridized carbons (Fsp3) is 0.589. The van der Waals surface area contributed by atoms with Gasteiger partial charge >= 0.3 is 17.9 Å². The summed E-state index contributed by atoms with van der Waals surface area (Å²) >= 11 is 0. The first-order chi connectivity index (χ1) is 30.5. The van der Waals surface area contributed by atoms with Crippen LogP contribution in [0, 0.1) is 0 Å². The van der Waals surface area contributed by atoms with Gasteiger partial charge in [-0.15, -0.1) is 0 Å². The molecule has 0 aliphatic rings. The van der Waals surface area contributed by atoms with Gasteiger partial charge in [-0.25, -0.2) is 0 Å². The van der Waals surface area contributed by atoms with Crippen molar-refractivity contribution in [1.82, 2.24) is 0 Å². The van der Waals surface area contributed by atoms with Gasteiger partial charge in [-0.2, -0.15) is 0 Å². The van der Waals surface area contributed by atoms with Gasteiger partial charge < -0.3 is 14.2 Å². The summed E-state index contributed by atoms with van der Waals surface area (Å²) in [5, 5.41) is 0. The van der Waals surface area contributed by atoms with Crippen molar-refractivity contribution in [3.8, 4) is 0 Å². The van der Waals surface area contributed by atoms with Crippen molar-refractivity contribution >= 4 is 17.9 Å². The maximum absolute atomic E-state index is 12.8. The van der Waals surface area contributed by atoms with E-state index in [1.165, 1.54) is 57.8 Å². The minimum absolute atomic E-state index is 0.118. The van der Waals surface area contributed by atoms with Crippen LogP contribution in [-0.4, -0.2) is 37.2 Å². The Hall–Kier alpha value is -4.19. The van der Waals surface area contributed by atoms with Crippen molar-refractivity contribution in [2.75, 3.05) is 13.2 Å². The van der Waals surface area contributed by atoms with E-state index >= 15 is 0 Å². The van der Waals surface area contributed by atoms with E-state index in [0.717, 1.165) is 89.9 Å². The monoisotopic (exact) mass is 857 g/mol. The molecule has 1 unspecified atom stereocenters. The minimum Gasteiger partial charge on any atom is -0.462 e. The highest BCUT2D eigenvalue weighted by Gasteiger charge is 2.19. The molecule has 0 aliphatic heterocycles. The van der Waals surface area contributed by atoms with Crippen LogP contribution in [0.4, 0.5) is 0 Å². The third-order valence-corrected chi connectivity index (χ3v) is 9.90. The number of unbranched alkanes of at least 4 members (excludes halogenated alkanes) is 18. The van der Waals surface area contributed by atoms with Gasteiger partial charge in [0.1, 0.15) is 13.2 Å². The fourth-order valence-corrected chi connectivity index (χ4v) is 6.24. The molecule has 6 nitrogen and oxygen atoms in total. The van der Waals surface area contributed by atoms with Crippen LogP contribution in [0.15, 0.2) is 122 Å². The van der Waals surface area contributed by atoms with E-state index in [4.69, 9.17) is 14.2 Å². The van der Waals surface area contributed by atoms with E-state index in [-0.39, 0.29) is 44.0 Å². The van der Waals surface area contributed by atoms with E-state index in [9.17, 15) is 14.4 Å². The largest absolute Gasteiger partial charge is 0.462 e. The number of carbonyl (C=O) groups is 3. The maximum Gasteiger partial charge on any atom is 0.306 e. The smallest absolute Gasteiger partial charge is 0.306 e. The Morgan fingerprint density at radius 2 is 0.661 bits per heavy atom. The molecule has 0 saturated carbocycles. The second kappa shape index (κ2) is 49.5. The Labute approximate surface area is 380 Å². The van der Waals surface area contributed by atoms with E-state index < -0.39 is 6.10 Å². The lowest BCUT2D eigenvalue weighted by Crippen LogP contribution is -2.30. The van der Waals surface area contributed by atoms with Crippen LogP contribution in [-0.2, 0) is 28.6 Å². The van der Waals surface area contributed by atoms with Crippen LogP contribution in [0.25, 0.3) is 0 Å². The Kier molecular flexibility index (Phi) is 46.1. The summed E-state index contributed by atoms with van der Waals surface area (Å²) in [6.07, 6.45) is 67.6. The standard InChI is InChI=1S/C56H88O6/c1-4-7-10-13-16-19-22-25-27-29-31-34-37-40-43-46-49-55(58)61-52-53(51-60-54(57)48-45-42-39-36-33-30-24-21-18-15-12-9-6-3)62-56(59)50-47-44-41-38-35-32-28-26-23-20-17-14-11-8-5-2/h8-9,11-12,14-15,17-18,20-21,23-24,26-30,33,36,39,53H,4-7,10,13,16,19,22,25,31-32,34-35,37-38,40-52H2,1-3H3/b11-8+,12-9+,17-14+,18-15+,23-20+,24-21+,28-26+,29-27+,33-30+,39-36+. The molecule has 0 aliphatic carbocycles. The molecule has 1 atom stereocenters. The molecule has 0 aromatic carbocycles. The number of ether oxygens (including phenoxy) is 3. The summed E-state index contributed by atoms with van der Waals surface area (Å²) in [6, 6.07) is 0. The molecule has 0 heterocycles. The Balaban J connectivity index is 4.56. The highest BCUT2D eigenvalue weighted by Crippen LogP contribution is 2.13. The van der Waals surface area contributed by atoms with Crippen molar-refractivity contribution in [3.05, 3.63) is 122 Å². The van der Waals surface area contributed by atoms with Crippen molar-refractivity contribution in [2.24, 2.45) is 0 Å². The highest BCUT2D eigenvalue weighted by molar-refractivity contribution is 5.71. The van der Waals surface area contributed by atoms with Crippen molar-refractivity contribution < 1.29 is 28.6 Å². The first-order valence-corrected chi connectivity index (χ1v) is 24.7. The topological polar surface area (TPSA) is 78.9 Å². The molecule has 0 saturated heterocycles. The van der Waals surface area contributed by atoms with Gasteiger partial charge in [-0.1, -0.05) is 219 Å². The lowest BCUT2D eigenvalue weighted by Gasteiger charge is -2.18. The summed E-state index contributed by atoms with van der Waals surface area (Å²) in [4.78, 5) is 37.9. The second-order valence-corrected chi connectivity index (χ2v) is 15.8. The van der Waals surface area contributed by atoms with Crippen molar-refractivity contribution in [3.63, 3.8) is 0 Å². The van der Waals surface area contributed by atoms with Gasteiger partial charge in [0, 0.05) is 19.3 Å². The van der Waals surface area contributed by atoms with E-state index in [2.05, 4.69) is 63.3 Å². The van der Waals surface area contributed by atoms with Gasteiger partial charge in [-0.3, -0.25) is 14.4 Å². The number of esters is 3. The van der Waals surface area contributed by atoms with Crippen LogP contribution < -0.4 is 0 Å².